The minimum absolute atomic E-state index is 0.0122. The van der Waals surface area contributed by atoms with Gasteiger partial charge in [-0.15, -0.1) is 0 Å². The van der Waals surface area contributed by atoms with E-state index in [1.807, 2.05) is 0 Å². The van der Waals surface area contributed by atoms with E-state index in [2.05, 4.69) is 5.32 Å². The van der Waals surface area contributed by atoms with Gasteiger partial charge in [-0.3, -0.25) is 9.69 Å². The van der Waals surface area contributed by atoms with Crippen LogP contribution in [0.1, 0.15) is 5.56 Å². The smallest absolute Gasteiger partial charge is 0.414 e. The molecule has 1 aliphatic rings. The van der Waals surface area contributed by atoms with E-state index >= 15 is 0 Å². The fraction of sp³-hybridized carbons (Fsp3) is 0.176. The van der Waals surface area contributed by atoms with Gasteiger partial charge in [0.2, 0.25) is 5.91 Å². The van der Waals surface area contributed by atoms with Crippen LogP contribution < -0.4 is 10.2 Å². The summed E-state index contributed by atoms with van der Waals surface area (Å²) in [7, 11) is 0. The second kappa shape index (κ2) is 6.98. The number of cyclic esters (lactones) is 1. The van der Waals surface area contributed by atoms with Gasteiger partial charge in [0, 0.05) is 11.8 Å². The number of nitrogens with one attached hydrogen (secondary N) is 1. The molecule has 0 spiro atoms. The van der Waals surface area contributed by atoms with Crippen molar-refractivity contribution in [2.75, 3.05) is 23.4 Å². The summed E-state index contributed by atoms with van der Waals surface area (Å²) in [5, 5.41) is 12.0. The molecule has 1 saturated heterocycles. The standard InChI is InChI=1S/C17H14ClFN2O4/c18-13-8-11(19)9-14(16(13)23)20-15(22)7-10-1-3-12(4-2-10)21-5-6-25-17(21)24/h1-4,8-9,23H,5-7H2,(H,20,22). The highest BCUT2D eigenvalue weighted by Crippen LogP contribution is 2.32. The first-order valence-corrected chi connectivity index (χ1v) is 7.83. The Bertz CT molecular complexity index is 826. The van der Waals surface area contributed by atoms with Crippen molar-refractivity contribution < 1.29 is 23.8 Å². The molecule has 2 amide bonds. The number of rotatable bonds is 4. The summed E-state index contributed by atoms with van der Waals surface area (Å²) in [6, 6.07) is 8.78. The molecule has 2 N–H and O–H groups in total. The Labute approximate surface area is 147 Å². The second-order valence-electron chi connectivity index (χ2n) is 5.44. The van der Waals surface area contributed by atoms with Crippen molar-refractivity contribution in [3.63, 3.8) is 0 Å². The number of phenols is 1. The van der Waals surface area contributed by atoms with Gasteiger partial charge in [0.1, 0.15) is 12.4 Å². The summed E-state index contributed by atoms with van der Waals surface area (Å²) in [6.45, 7) is 0.834. The summed E-state index contributed by atoms with van der Waals surface area (Å²) in [5.41, 5.74) is 1.28. The fourth-order valence-electron chi connectivity index (χ4n) is 2.46. The number of nitrogens with zero attached hydrogens (tertiary/aromatic N) is 1. The van der Waals surface area contributed by atoms with Crippen LogP contribution in [0.4, 0.5) is 20.6 Å². The highest BCUT2D eigenvalue weighted by atomic mass is 35.5. The number of amides is 2. The first-order valence-electron chi connectivity index (χ1n) is 7.45. The number of halogens is 2. The average Bonchev–Trinajstić information content (AvgIpc) is 2.99. The number of phenolic OH excluding ortho intramolecular Hbond substituents is 1. The van der Waals surface area contributed by atoms with Crippen LogP contribution >= 0.6 is 11.6 Å². The lowest BCUT2D eigenvalue weighted by atomic mass is 10.1. The molecule has 3 rings (SSSR count). The van der Waals surface area contributed by atoms with Crippen LogP contribution in [0.3, 0.4) is 0 Å². The third-order valence-electron chi connectivity index (χ3n) is 3.68. The molecule has 0 unspecified atom stereocenters. The maximum atomic E-state index is 13.3. The minimum atomic E-state index is -0.667. The van der Waals surface area contributed by atoms with Gasteiger partial charge in [0.15, 0.2) is 5.75 Å². The van der Waals surface area contributed by atoms with Crippen molar-refractivity contribution in [1.82, 2.24) is 0 Å². The van der Waals surface area contributed by atoms with Gasteiger partial charge in [-0.05, 0) is 23.8 Å². The highest BCUT2D eigenvalue weighted by molar-refractivity contribution is 6.32. The molecule has 1 aliphatic heterocycles. The van der Waals surface area contributed by atoms with Crippen LogP contribution in [-0.4, -0.2) is 30.3 Å². The SMILES string of the molecule is O=C(Cc1ccc(N2CCOC2=O)cc1)Nc1cc(F)cc(Cl)c1O. The molecule has 0 saturated carbocycles. The molecule has 8 heteroatoms. The van der Waals surface area contributed by atoms with Gasteiger partial charge >= 0.3 is 6.09 Å². The van der Waals surface area contributed by atoms with Gasteiger partial charge in [0.25, 0.3) is 0 Å². The van der Waals surface area contributed by atoms with Crippen LogP contribution in [0.2, 0.25) is 5.02 Å². The Morgan fingerprint density at radius 3 is 2.68 bits per heavy atom. The topological polar surface area (TPSA) is 78.9 Å². The van der Waals surface area contributed by atoms with Gasteiger partial charge in [-0.2, -0.15) is 0 Å². The summed E-state index contributed by atoms with van der Waals surface area (Å²) in [4.78, 5) is 25.1. The van der Waals surface area contributed by atoms with E-state index in [0.717, 1.165) is 12.1 Å². The van der Waals surface area contributed by atoms with Crippen LogP contribution in [-0.2, 0) is 16.0 Å². The zero-order chi connectivity index (χ0) is 18.0. The number of hydrogen-bond acceptors (Lipinski definition) is 4. The molecule has 0 bridgehead atoms. The number of carbonyl (C=O) groups excluding carboxylic acids is 2. The third kappa shape index (κ3) is 3.83. The van der Waals surface area contributed by atoms with Crippen LogP contribution in [0.5, 0.6) is 5.75 Å². The minimum Gasteiger partial charge on any atom is -0.504 e. The molecule has 2 aromatic carbocycles. The summed E-state index contributed by atoms with van der Waals surface area (Å²) >= 11 is 5.67. The monoisotopic (exact) mass is 364 g/mol. The van der Waals surface area contributed by atoms with Gasteiger partial charge in [-0.25, -0.2) is 9.18 Å². The number of benzene rings is 2. The van der Waals surface area contributed by atoms with Crippen molar-refractivity contribution in [3.05, 3.63) is 52.8 Å². The molecule has 1 heterocycles. The van der Waals surface area contributed by atoms with E-state index in [9.17, 15) is 19.1 Å². The number of carbonyl (C=O) groups is 2. The first kappa shape index (κ1) is 17.0. The van der Waals surface area contributed by atoms with Gasteiger partial charge < -0.3 is 15.2 Å². The predicted molar refractivity (Wildman–Crippen MR) is 90.5 cm³/mol. The quantitative estimate of drug-likeness (QED) is 0.816. The molecule has 0 aromatic heterocycles. The van der Waals surface area contributed by atoms with Crippen molar-refractivity contribution in [2.45, 2.75) is 6.42 Å². The Kier molecular flexibility index (Phi) is 4.76. The Morgan fingerprint density at radius 2 is 2.04 bits per heavy atom. The Hall–Kier alpha value is -2.80. The molecule has 0 radical (unpaired) electrons. The number of aromatic hydroxyl groups is 1. The van der Waals surface area contributed by atoms with Crippen LogP contribution in [0.25, 0.3) is 0 Å². The largest absolute Gasteiger partial charge is 0.504 e. The molecule has 25 heavy (non-hydrogen) atoms. The number of ether oxygens (including phenoxy) is 1. The molecule has 1 fully saturated rings. The summed E-state index contributed by atoms with van der Waals surface area (Å²) in [6.07, 6.45) is -0.387. The van der Waals surface area contributed by atoms with E-state index < -0.39 is 17.8 Å². The summed E-state index contributed by atoms with van der Waals surface area (Å²) < 4.78 is 18.2. The van der Waals surface area contributed by atoms with E-state index in [1.165, 1.54) is 4.90 Å². The van der Waals surface area contributed by atoms with Crippen LogP contribution in [0, 0.1) is 5.82 Å². The second-order valence-corrected chi connectivity index (χ2v) is 5.85. The molecular formula is C17H14ClFN2O4. The number of anilines is 2. The molecular weight excluding hydrogens is 351 g/mol. The first-order chi connectivity index (χ1) is 11.9. The zero-order valence-corrected chi connectivity index (χ0v) is 13.7. The van der Waals surface area contributed by atoms with Gasteiger partial charge in [0.05, 0.1) is 23.7 Å². The maximum absolute atomic E-state index is 13.3. The molecule has 0 atom stereocenters. The Morgan fingerprint density at radius 1 is 1.32 bits per heavy atom. The van der Waals surface area contributed by atoms with Crippen LogP contribution in [0.15, 0.2) is 36.4 Å². The fourth-order valence-corrected chi connectivity index (χ4v) is 2.67. The van der Waals surface area contributed by atoms with E-state index in [0.29, 0.717) is 24.4 Å². The van der Waals surface area contributed by atoms with Gasteiger partial charge in [-0.1, -0.05) is 23.7 Å². The highest BCUT2D eigenvalue weighted by Gasteiger charge is 2.23. The van der Waals surface area contributed by atoms with Crippen molar-refractivity contribution in [1.29, 1.82) is 0 Å². The maximum Gasteiger partial charge on any atom is 0.414 e. The van der Waals surface area contributed by atoms with E-state index in [-0.39, 0.29) is 22.9 Å². The Balaban J connectivity index is 1.66. The third-order valence-corrected chi connectivity index (χ3v) is 3.96. The number of hydrogen-bond donors (Lipinski definition) is 2. The molecule has 130 valence electrons. The van der Waals surface area contributed by atoms with Crippen molar-refractivity contribution in [2.24, 2.45) is 0 Å². The lowest BCUT2D eigenvalue weighted by Gasteiger charge is -2.13. The van der Waals surface area contributed by atoms with E-state index in [1.54, 1.807) is 24.3 Å². The lowest BCUT2D eigenvalue weighted by molar-refractivity contribution is -0.115. The lowest BCUT2D eigenvalue weighted by Crippen LogP contribution is -2.23. The predicted octanol–water partition coefficient (Wildman–Crippen LogP) is 3.32. The molecule has 0 aliphatic carbocycles. The zero-order valence-electron chi connectivity index (χ0n) is 13.0. The van der Waals surface area contributed by atoms with Crippen molar-refractivity contribution >= 4 is 35.0 Å². The summed E-state index contributed by atoms with van der Waals surface area (Å²) in [5.74, 6) is -1.50. The van der Waals surface area contributed by atoms with Crippen molar-refractivity contribution in [3.8, 4) is 5.75 Å². The normalized spacial score (nSPS) is 13.7. The van der Waals surface area contributed by atoms with E-state index in [4.69, 9.17) is 16.3 Å². The average molecular weight is 365 g/mol. The molecule has 6 nitrogen and oxygen atoms in total. The molecule has 2 aromatic rings.